The van der Waals surface area contributed by atoms with Crippen LogP contribution in [0.5, 0.6) is 0 Å². The number of amides is 1. The summed E-state index contributed by atoms with van der Waals surface area (Å²) in [4.78, 5) is 17.7. The van der Waals surface area contributed by atoms with Gasteiger partial charge in [-0.3, -0.25) is 9.78 Å². The minimum Gasteiger partial charge on any atom is -0.336 e. The van der Waals surface area contributed by atoms with E-state index >= 15 is 0 Å². The zero-order valence-corrected chi connectivity index (χ0v) is 13.9. The van der Waals surface area contributed by atoms with Gasteiger partial charge in [0, 0.05) is 44.1 Å². The fourth-order valence-corrected chi connectivity index (χ4v) is 3.98. The maximum Gasteiger partial charge on any atom is 0.254 e. The van der Waals surface area contributed by atoms with Gasteiger partial charge >= 0.3 is 0 Å². The van der Waals surface area contributed by atoms with Gasteiger partial charge in [0.25, 0.3) is 5.91 Å². The van der Waals surface area contributed by atoms with Crippen LogP contribution < -0.4 is 0 Å². The second kappa shape index (κ2) is 6.85. The van der Waals surface area contributed by atoms with E-state index in [0.717, 1.165) is 12.1 Å². The number of carbonyl (C=O) groups excluding carboxylic acids is 1. The molecule has 9 heteroatoms. The third kappa shape index (κ3) is 3.52. The molecule has 0 saturated carbocycles. The number of sulfonamides is 1. The maximum atomic E-state index is 13.3. The average Bonchev–Trinajstić information content (AvgIpc) is 2.64. The summed E-state index contributed by atoms with van der Waals surface area (Å²) in [5, 5.41) is 0. The molecule has 1 aromatic carbocycles. The predicted molar refractivity (Wildman–Crippen MR) is 85.3 cm³/mol. The topological polar surface area (TPSA) is 70.6 Å². The summed E-state index contributed by atoms with van der Waals surface area (Å²) < 4.78 is 52.5. The van der Waals surface area contributed by atoms with Crippen molar-refractivity contribution in [3.8, 4) is 0 Å². The first-order valence-electron chi connectivity index (χ1n) is 7.54. The zero-order valence-electron chi connectivity index (χ0n) is 13.1. The van der Waals surface area contributed by atoms with Crippen LogP contribution in [0.2, 0.25) is 0 Å². The Kier molecular flexibility index (Phi) is 4.78. The first-order valence-corrected chi connectivity index (χ1v) is 8.98. The number of nitrogens with zero attached hydrogens (tertiary/aromatic N) is 3. The quantitative estimate of drug-likeness (QED) is 0.825. The summed E-state index contributed by atoms with van der Waals surface area (Å²) in [6, 6.07) is 5.94. The molecular formula is C16H15F2N3O3S. The lowest BCUT2D eigenvalue weighted by molar-refractivity contribution is 0.0697. The lowest BCUT2D eigenvalue weighted by atomic mass is 10.1. The molecule has 0 spiro atoms. The number of carbonyl (C=O) groups is 1. The Balaban J connectivity index is 1.69. The van der Waals surface area contributed by atoms with Crippen LogP contribution in [0.4, 0.5) is 8.78 Å². The van der Waals surface area contributed by atoms with Crippen molar-refractivity contribution in [2.45, 2.75) is 4.90 Å². The second-order valence-electron chi connectivity index (χ2n) is 5.51. The molecule has 2 aromatic rings. The predicted octanol–water partition coefficient (Wildman–Crippen LogP) is 1.51. The van der Waals surface area contributed by atoms with E-state index in [1.165, 1.54) is 39.8 Å². The summed E-state index contributed by atoms with van der Waals surface area (Å²) >= 11 is 0. The summed E-state index contributed by atoms with van der Waals surface area (Å²) in [6.07, 6.45) is 2.76. The first kappa shape index (κ1) is 17.4. The first-order chi connectivity index (χ1) is 11.9. The summed E-state index contributed by atoms with van der Waals surface area (Å²) in [5.41, 5.74) is 0.0301. The van der Waals surface area contributed by atoms with Gasteiger partial charge in [-0.05, 0) is 30.3 Å². The molecule has 1 amide bonds. The molecule has 0 aliphatic carbocycles. The number of hydrogen-bond donors (Lipinski definition) is 0. The van der Waals surface area contributed by atoms with Gasteiger partial charge in [-0.25, -0.2) is 17.2 Å². The van der Waals surface area contributed by atoms with Gasteiger partial charge < -0.3 is 4.90 Å². The standard InChI is InChI=1S/C16H15F2N3O3S/c17-14-4-3-12(10-15(14)18)16(22)20-6-8-21(9-7-20)25(23,24)13-2-1-5-19-11-13/h1-5,10-11H,6-9H2. The fraction of sp³-hybridized carbons (Fsp3) is 0.250. The normalized spacial score (nSPS) is 16.0. The van der Waals surface area contributed by atoms with Gasteiger partial charge in [0.15, 0.2) is 11.6 Å². The van der Waals surface area contributed by atoms with E-state index in [9.17, 15) is 22.0 Å². The number of pyridine rings is 1. The molecule has 0 radical (unpaired) electrons. The Morgan fingerprint density at radius 2 is 1.76 bits per heavy atom. The monoisotopic (exact) mass is 367 g/mol. The third-order valence-corrected chi connectivity index (χ3v) is 5.85. The lowest BCUT2D eigenvalue weighted by Gasteiger charge is -2.34. The molecule has 0 atom stereocenters. The van der Waals surface area contributed by atoms with Crippen LogP contribution in [0, 0.1) is 11.6 Å². The van der Waals surface area contributed by atoms with E-state index in [4.69, 9.17) is 0 Å². The van der Waals surface area contributed by atoms with Crippen LogP contribution in [-0.4, -0.2) is 54.7 Å². The molecule has 1 saturated heterocycles. The van der Waals surface area contributed by atoms with Crippen LogP contribution >= 0.6 is 0 Å². The molecule has 0 N–H and O–H groups in total. The van der Waals surface area contributed by atoms with Crippen molar-refractivity contribution in [3.63, 3.8) is 0 Å². The van der Waals surface area contributed by atoms with Crippen molar-refractivity contribution in [1.29, 1.82) is 0 Å². The van der Waals surface area contributed by atoms with E-state index < -0.39 is 27.6 Å². The number of hydrogen-bond acceptors (Lipinski definition) is 4. The molecule has 0 bridgehead atoms. The Labute approximate surface area is 143 Å². The van der Waals surface area contributed by atoms with E-state index in [-0.39, 0.29) is 36.6 Å². The number of piperazine rings is 1. The highest BCUT2D eigenvalue weighted by Gasteiger charge is 2.30. The Bertz CT molecular complexity index is 883. The summed E-state index contributed by atoms with van der Waals surface area (Å²) in [6.45, 7) is 0.563. The van der Waals surface area contributed by atoms with Gasteiger partial charge in [0.1, 0.15) is 4.90 Å². The van der Waals surface area contributed by atoms with Crippen LogP contribution in [0.3, 0.4) is 0 Å². The van der Waals surface area contributed by atoms with Crippen molar-refractivity contribution < 1.29 is 22.0 Å². The molecule has 1 fully saturated rings. The van der Waals surface area contributed by atoms with Gasteiger partial charge in [-0.15, -0.1) is 0 Å². The third-order valence-electron chi connectivity index (χ3n) is 3.96. The minimum absolute atomic E-state index is 0.0301. The second-order valence-corrected chi connectivity index (χ2v) is 7.45. The van der Waals surface area contributed by atoms with E-state index in [0.29, 0.717) is 0 Å². The SMILES string of the molecule is O=C(c1ccc(F)c(F)c1)N1CCN(S(=O)(=O)c2cccnc2)CC1. The molecule has 1 aromatic heterocycles. The molecule has 1 aliphatic rings. The van der Waals surface area contributed by atoms with Gasteiger partial charge in [-0.1, -0.05) is 0 Å². The summed E-state index contributed by atoms with van der Waals surface area (Å²) in [7, 11) is -3.66. The van der Waals surface area contributed by atoms with E-state index in [2.05, 4.69) is 4.98 Å². The lowest BCUT2D eigenvalue weighted by Crippen LogP contribution is -2.50. The van der Waals surface area contributed by atoms with Gasteiger partial charge in [0.05, 0.1) is 0 Å². The minimum atomic E-state index is -3.66. The number of rotatable bonds is 3. The van der Waals surface area contributed by atoms with Crippen molar-refractivity contribution in [2.75, 3.05) is 26.2 Å². The molecule has 3 rings (SSSR count). The van der Waals surface area contributed by atoms with Crippen molar-refractivity contribution in [1.82, 2.24) is 14.2 Å². The van der Waals surface area contributed by atoms with Crippen molar-refractivity contribution in [2.24, 2.45) is 0 Å². The molecule has 132 valence electrons. The molecule has 1 aliphatic heterocycles. The molecule has 6 nitrogen and oxygen atoms in total. The Hall–Kier alpha value is -2.39. The van der Waals surface area contributed by atoms with Crippen LogP contribution in [-0.2, 0) is 10.0 Å². The van der Waals surface area contributed by atoms with E-state index in [1.54, 1.807) is 0 Å². The molecule has 25 heavy (non-hydrogen) atoms. The van der Waals surface area contributed by atoms with Crippen molar-refractivity contribution >= 4 is 15.9 Å². The highest BCUT2D eigenvalue weighted by atomic mass is 32.2. The molecule has 2 heterocycles. The number of halogens is 2. The smallest absolute Gasteiger partial charge is 0.254 e. The zero-order chi connectivity index (χ0) is 18.0. The molecule has 0 unspecified atom stereocenters. The Morgan fingerprint density at radius 1 is 1.04 bits per heavy atom. The average molecular weight is 367 g/mol. The fourth-order valence-electron chi connectivity index (χ4n) is 2.59. The van der Waals surface area contributed by atoms with Crippen LogP contribution in [0.1, 0.15) is 10.4 Å². The summed E-state index contributed by atoms with van der Waals surface area (Å²) in [5.74, 6) is -2.58. The van der Waals surface area contributed by atoms with E-state index in [1.807, 2.05) is 0 Å². The highest BCUT2D eigenvalue weighted by molar-refractivity contribution is 7.89. The molecular weight excluding hydrogens is 352 g/mol. The largest absolute Gasteiger partial charge is 0.336 e. The van der Waals surface area contributed by atoms with Gasteiger partial charge in [0.2, 0.25) is 10.0 Å². The number of aromatic nitrogens is 1. The van der Waals surface area contributed by atoms with Crippen LogP contribution in [0.15, 0.2) is 47.6 Å². The Morgan fingerprint density at radius 3 is 2.36 bits per heavy atom. The highest BCUT2D eigenvalue weighted by Crippen LogP contribution is 2.18. The van der Waals surface area contributed by atoms with Crippen LogP contribution in [0.25, 0.3) is 0 Å². The van der Waals surface area contributed by atoms with Crippen molar-refractivity contribution in [3.05, 3.63) is 59.9 Å². The van der Waals surface area contributed by atoms with Gasteiger partial charge in [-0.2, -0.15) is 4.31 Å². The number of benzene rings is 1. The maximum absolute atomic E-state index is 13.3.